The van der Waals surface area contributed by atoms with Gasteiger partial charge in [0, 0.05) is 17.0 Å². The number of hydrogen-bond acceptors (Lipinski definition) is 3. The quantitative estimate of drug-likeness (QED) is 0.801. The summed E-state index contributed by atoms with van der Waals surface area (Å²) in [5.41, 5.74) is 2.54. The standard InChI is InChI=1S/C21H24ClNO3/c1-21(2,3)16-9-7-15(8-10-16)19(24)23-18(20(25)26-4)13-14-5-11-17(22)12-6-14/h5-12,18H,13H2,1-4H3,(H,23,24)/t18-/m1/s1. The van der Waals surface area contributed by atoms with E-state index in [0.717, 1.165) is 11.1 Å². The number of methoxy groups -OCH3 is 1. The fourth-order valence-corrected chi connectivity index (χ4v) is 2.68. The third-order valence-corrected chi connectivity index (χ3v) is 4.41. The Hall–Kier alpha value is -2.33. The molecule has 26 heavy (non-hydrogen) atoms. The summed E-state index contributed by atoms with van der Waals surface area (Å²) >= 11 is 5.89. The summed E-state index contributed by atoms with van der Waals surface area (Å²) in [6.45, 7) is 6.34. The Morgan fingerprint density at radius 3 is 2.12 bits per heavy atom. The number of rotatable bonds is 5. The van der Waals surface area contributed by atoms with Crippen molar-refractivity contribution in [2.45, 2.75) is 38.6 Å². The fraction of sp³-hybridized carbons (Fsp3) is 0.333. The SMILES string of the molecule is COC(=O)[C@@H](Cc1ccc(Cl)cc1)NC(=O)c1ccc(C(C)(C)C)cc1. The Kier molecular flexibility index (Phi) is 6.43. The van der Waals surface area contributed by atoms with Crippen LogP contribution in [0.15, 0.2) is 48.5 Å². The molecule has 0 aliphatic rings. The maximum atomic E-state index is 12.5. The van der Waals surface area contributed by atoms with E-state index in [1.807, 2.05) is 24.3 Å². The van der Waals surface area contributed by atoms with Gasteiger partial charge in [0.2, 0.25) is 0 Å². The number of benzene rings is 2. The fourth-order valence-electron chi connectivity index (χ4n) is 2.55. The smallest absolute Gasteiger partial charge is 0.328 e. The first kappa shape index (κ1) is 20.0. The van der Waals surface area contributed by atoms with Crippen LogP contribution in [0.2, 0.25) is 5.02 Å². The van der Waals surface area contributed by atoms with Gasteiger partial charge >= 0.3 is 5.97 Å². The number of esters is 1. The first-order valence-corrected chi connectivity index (χ1v) is 8.82. The minimum Gasteiger partial charge on any atom is -0.467 e. The van der Waals surface area contributed by atoms with E-state index in [-0.39, 0.29) is 11.3 Å². The zero-order chi connectivity index (χ0) is 19.3. The Labute approximate surface area is 159 Å². The van der Waals surface area contributed by atoms with Crippen molar-refractivity contribution >= 4 is 23.5 Å². The molecule has 0 saturated heterocycles. The summed E-state index contributed by atoms with van der Waals surface area (Å²) in [4.78, 5) is 24.6. The van der Waals surface area contributed by atoms with Crippen molar-refractivity contribution < 1.29 is 14.3 Å². The average molecular weight is 374 g/mol. The second-order valence-corrected chi connectivity index (χ2v) is 7.64. The monoisotopic (exact) mass is 373 g/mol. The highest BCUT2D eigenvalue weighted by atomic mass is 35.5. The van der Waals surface area contributed by atoms with E-state index < -0.39 is 12.0 Å². The summed E-state index contributed by atoms with van der Waals surface area (Å²) in [5, 5.41) is 3.38. The van der Waals surface area contributed by atoms with E-state index in [9.17, 15) is 9.59 Å². The average Bonchev–Trinajstić information content (AvgIpc) is 2.61. The molecule has 5 heteroatoms. The zero-order valence-electron chi connectivity index (χ0n) is 15.5. The molecule has 0 radical (unpaired) electrons. The van der Waals surface area contributed by atoms with E-state index >= 15 is 0 Å². The van der Waals surface area contributed by atoms with Gasteiger partial charge in [0.1, 0.15) is 6.04 Å². The minimum atomic E-state index is -0.768. The molecular formula is C21H24ClNO3. The molecule has 0 aromatic heterocycles. The van der Waals surface area contributed by atoms with Gasteiger partial charge in [-0.2, -0.15) is 0 Å². The number of nitrogens with one attached hydrogen (secondary N) is 1. The summed E-state index contributed by atoms with van der Waals surface area (Å²) in [6, 6.07) is 13.8. The summed E-state index contributed by atoms with van der Waals surface area (Å²) < 4.78 is 4.83. The molecular weight excluding hydrogens is 350 g/mol. The predicted octanol–water partition coefficient (Wildman–Crippen LogP) is 4.15. The third-order valence-electron chi connectivity index (χ3n) is 4.16. The highest BCUT2D eigenvalue weighted by Crippen LogP contribution is 2.22. The molecule has 1 N–H and O–H groups in total. The lowest BCUT2D eigenvalue weighted by Crippen LogP contribution is -2.43. The first-order valence-electron chi connectivity index (χ1n) is 8.44. The van der Waals surface area contributed by atoms with Crippen LogP contribution in [-0.4, -0.2) is 25.0 Å². The van der Waals surface area contributed by atoms with Gasteiger partial charge in [-0.15, -0.1) is 0 Å². The largest absolute Gasteiger partial charge is 0.467 e. The number of hydrogen-bond donors (Lipinski definition) is 1. The lowest BCUT2D eigenvalue weighted by molar-refractivity contribution is -0.142. The molecule has 0 fully saturated rings. The normalized spacial score (nSPS) is 12.3. The van der Waals surface area contributed by atoms with E-state index in [1.165, 1.54) is 7.11 Å². The molecule has 2 rings (SSSR count). The number of halogens is 1. The number of carbonyl (C=O) groups excluding carboxylic acids is 2. The van der Waals surface area contributed by atoms with Crippen molar-refractivity contribution in [3.05, 3.63) is 70.2 Å². The van der Waals surface area contributed by atoms with Crippen LogP contribution in [-0.2, 0) is 21.4 Å². The minimum absolute atomic E-state index is 0.0120. The van der Waals surface area contributed by atoms with E-state index in [0.29, 0.717) is 17.0 Å². The molecule has 2 aromatic carbocycles. The van der Waals surface area contributed by atoms with Crippen LogP contribution in [0, 0.1) is 0 Å². The Balaban J connectivity index is 2.13. The number of amides is 1. The molecule has 0 aliphatic carbocycles. The molecule has 0 unspecified atom stereocenters. The Morgan fingerprint density at radius 1 is 1.04 bits per heavy atom. The molecule has 0 spiro atoms. The second kappa shape index (κ2) is 8.37. The maximum Gasteiger partial charge on any atom is 0.328 e. The van der Waals surface area contributed by atoms with Gasteiger partial charge in [0.15, 0.2) is 0 Å². The molecule has 0 heterocycles. The summed E-state index contributed by atoms with van der Waals surface area (Å²) in [6.07, 6.45) is 0.329. The Morgan fingerprint density at radius 2 is 1.62 bits per heavy atom. The van der Waals surface area contributed by atoms with Crippen molar-refractivity contribution in [3.8, 4) is 0 Å². The van der Waals surface area contributed by atoms with Gasteiger partial charge in [0.05, 0.1) is 7.11 Å². The van der Waals surface area contributed by atoms with Gasteiger partial charge in [-0.3, -0.25) is 4.79 Å². The van der Waals surface area contributed by atoms with Crippen LogP contribution in [0.1, 0.15) is 42.3 Å². The van der Waals surface area contributed by atoms with Crippen molar-refractivity contribution in [2.24, 2.45) is 0 Å². The number of ether oxygens (including phenoxy) is 1. The van der Waals surface area contributed by atoms with Crippen molar-refractivity contribution in [1.29, 1.82) is 0 Å². The number of carbonyl (C=O) groups is 2. The summed E-state index contributed by atoms with van der Waals surface area (Å²) in [5.74, 6) is -0.797. The molecule has 0 bridgehead atoms. The second-order valence-electron chi connectivity index (χ2n) is 7.21. The molecule has 0 aliphatic heterocycles. The van der Waals surface area contributed by atoms with E-state index in [2.05, 4.69) is 26.1 Å². The molecule has 0 saturated carbocycles. The lowest BCUT2D eigenvalue weighted by Gasteiger charge is -2.20. The lowest BCUT2D eigenvalue weighted by atomic mass is 9.86. The van der Waals surface area contributed by atoms with Gasteiger partial charge in [0.25, 0.3) is 5.91 Å². The third kappa shape index (κ3) is 5.33. The first-order chi connectivity index (χ1) is 12.2. The van der Waals surface area contributed by atoms with Gasteiger partial charge in [-0.1, -0.05) is 56.6 Å². The zero-order valence-corrected chi connectivity index (χ0v) is 16.3. The van der Waals surface area contributed by atoms with E-state index in [4.69, 9.17) is 16.3 Å². The highest BCUT2D eigenvalue weighted by Gasteiger charge is 2.23. The van der Waals surface area contributed by atoms with Crippen LogP contribution >= 0.6 is 11.6 Å². The van der Waals surface area contributed by atoms with Gasteiger partial charge in [-0.05, 0) is 40.8 Å². The molecule has 4 nitrogen and oxygen atoms in total. The van der Waals surface area contributed by atoms with Crippen LogP contribution in [0.4, 0.5) is 0 Å². The topological polar surface area (TPSA) is 55.4 Å². The van der Waals surface area contributed by atoms with Crippen LogP contribution in [0.5, 0.6) is 0 Å². The molecule has 2 aromatic rings. The Bertz CT molecular complexity index is 761. The highest BCUT2D eigenvalue weighted by molar-refractivity contribution is 6.30. The summed E-state index contributed by atoms with van der Waals surface area (Å²) in [7, 11) is 1.31. The van der Waals surface area contributed by atoms with Crippen molar-refractivity contribution in [2.75, 3.05) is 7.11 Å². The van der Waals surface area contributed by atoms with Crippen LogP contribution in [0.25, 0.3) is 0 Å². The molecule has 1 amide bonds. The van der Waals surface area contributed by atoms with Crippen molar-refractivity contribution in [1.82, 2.24) is 5.32 Å². The molecule has 138 valence electrons. The molecule has 1 atom stereocenters. The van der Waals surface area contributed by atoms with Crippen LogP contribution in [0.3, 0.4) is 0 Å². The maximum absolute atomic E-state index is 12.5. The van der Waals surface area contributed by atoms with Gasteiger partial charge in [-0.25, -0.2) is 4.79 Å². The van der Waals surface area contributed by atoms with Crippen molar-refractivity contribution in [3.63, 3.8) is 0 Å². The van der Waals surface area contributed by atoms with Crippen LogP contribution < -0.4 is 5.32 Å². The van der Waals surface area contributed by atoms with Gasteiger partial charge < -0.3 is 10.1 Å². The predicted molar refractivity (Wildman–Crippen MR) is 104 cm³/mol. The van der Waals surface area contributed by atoms with E-state index in [1.54, 1.807) is 24.3 Å².